The molecule has 1 aromatic rings. The topological polar surface area (TPSA) is 81.2 Å². The number of aliphatic hydroxyl groups excluding tert-OH is 1. The Morgan fingerprint density at radius 2 is 1.79 bits per heavy atom. The number of para-hydroxylation sites is 1. The molecule has 3 amide bonds. The van der Waals surface area contributed by atoms with Gasteiger partial charge in [-0.2, -0.15) is 0 Å². The molecule has 0 aliphatic carbocycles. The van der Waals surface area contributed by atoms with Crippen molar-refractivity contribution in [1.82, 2.24) is 9.80 Å². The predicted octanol–water partition coefficient (Wildman–Crippen LogP) is 4.27. The van der Waals surface area contributed by atoms with Gasteiger partial charge in [0.25, 0.3) is 0 Å². The summed E-state index contributed by atoms with van der Waals surface area (Å²) >= 11 is 1.66. The molecule has 1 spiro atoms. The second kappa shape index (κ2) is 10.8. The number of fused-ring (bicyclic) bond motifs is 1. The molecule has 3 aliphatic heterocycles. The zero-order valence-electron chi connectivity index (χ0n) is 23.9. The Morgan fingerprint density at radius 3 is 2.33 bits per heavy atom. The lowest BCUT2D eigenvalue weighted by Crippen LogP contribution is -2.60. The second-order valence-electron chi connectivity index (χ2n) is 12.2. The number of thioether (sulfide) groups is 1. The number of anilines is 1. The van der Waals surface area contributed by atoms with E-state index in [0.29, 0.717) is 25.9 Å². The monoisotopic (exact) mass is 553 g/mol. The van der Waals surface area contributed by atoms with Gasteiger partial charge in [0.05, 0.1) is 29.2 Å². The van der Waals surface area contributed by atoms with E-state index in [4.69, 9.17) is 0 Å². The highest BCUT2D eigenvalue weighted by Crippen LogP contribution is 2.72. The molecule has 4 rings (SSSR count). The van der Waals surface area contributed by atoms with Crippen LogP contribution >= 0.6 is 11.8 Å². The van der Waals surface area contributed by atoms with Crippen LogP contribution in [0.3, 0.4) is 0 Å². The number of nitrogens with zero attached hydrogens (tertiary/aromatic N) is 3. The number of hydrogen-bond donors (Lipinski definition) is 1. The fourth-order valence-corrected chi connectivity index (χ4v) is 9.35. The van der Waals surface area contributed by atoms with Crippen molar-refractivity contribution in [2.24, 2.45) is 11.8 Å². The Kier molecular flexibility index (Phi) is 8.12. The minimum atomic E-state index is -0.763. The van der Waals surface area contributed by atoms with Crippen LogP contribution < -0.4 is 4.90 Å². The molecular formula is C31H43N3O4S. The number of benzene rings is 1. The Bertz CT molecular complexity index is 1130. The number of amides is 3. The van der Waals surface area contributed by atoms with Crippen molar-refractivity contribution in [3.05, 3.63) is 55.6 Å². The van der Waals surface area contributed by atoms with Crippen molar-refractivity contribution in [1.29, 1.82) is 0 Å². The SMILES string of the molecule is C=CCN(C(=O)[C@H]1[C@H]2C(=O)N([C@@H](CC)CO)C(C(=O)N(CC=C)C(C)(C)C)C23CC[C@]1(C)S3)c1ccccc1. The summed E-state index contributed by atoms with van der Waals surface area (Å²) in [5.74, 6) is -1.68. The fourth-order valence-electron chi connectivity index (χ4n) is 7.02. The number of likely N-dealkylation sites (tertiary alicyclic amines) is 1. The van der Waals surface area contributed by atoms with Gasteiger partial charge in [-0.25, -0.2) is 0 Å². The summed E-state index contributed by atoms with van der Waals surface area (Å²) in [5, 5.41) is 10.3. The molecular weight excluding hydrogens is 510 g/mol. The molecule has 212 valence electrons. The molecule has 1 N–H and O–H groups in total. The van der Waals surface area contributed by atoms with Gasteiger partial charge < -0.3 is 19.8 Å². The third-order valence-corrected chi connectivity index (χ3v) is 10.8. The Balaban J connectivity index is 1.85. The van der Waals surface area contributed by atoms with E-state index in [1.165, 1.54) is 0 Å². The summed E-state index contributed by atoms with van der Waals surface area (Å²) in [6.45, 7) is 18.1. The lowest BCUT2D eigenvalue weighted by atomic mass is 9.66. The van der Waals surface area contributed by atoms with E-state index in [9.17, 15) is 19.5 Å². The standard InChI is InChI=1S/C31H43N3O4S/c1-8-18-32(22-14-12-11-13-15-22)26(36)23-24-27(37)34(21(10-3)20-35)25(31(24)17-16-30(23,7)39-31)28(38)33(19-9-2)29(4,5)6/h8-9,11-15,21,23-25,35H,1-2,10,16-20H2,3-7H3/t21-,23+,24-,25?,30-,31?/m0/s1. The molecule has 7 nitrogen and oxygen atoms in total. The van der Waals surface area contributed by atoms with Crippen LogP contribution in [0, 0.1) is 11.8 Å². The first-order valence-electron chi connectivity index (χ1n) is 13.9. The molecule has 6 atom stereocenters. The summed E-state index contributed by atoms with van der Waals surface area (Å²) in [7, 11) is 0. The lowest BCUT2D eigenvalue weighted by Gasteiger charge is -2.43. The van der Waals surface area contributed by atoms with Crippen LogP contribution in [0.5, 0.6) is 0 Å². The summed E-state index contributed by atoms with van der Waals surface area (Å²) in [4.78, 5) is 48.6. The number of carbonyl (C=O) groups is 3. The van der Waals surface area contributed by atoms with Crippen molar-refractivity contribution in [2.75, 3.05) is 24.6 Å². The van der Waals surface area contributed by atoms with Crippen molar-refractivity contribution < 1.29 is 19.5 Å². The molecule has 3 saturated heterocycles. The van der Waals surface area contributed by atoms with E-state index in [0.717, 1.165) is 12.1 Å². The van der Waals surface area contributed by atoms with Crippen LogP contribution in [0.1, 0.15) is 53.9 Å². The van der Waals surface area contributed by atoms with Gasteiger partial charge in [-0.05, 0) is 59.1 Å². The highest BCUT2D eigenvalue weighted by molar-refractivity contribution is 8.02. The van der Waals surface area contributed by atoms with E-state index in [2.05, 4.69) is 20.1 Å². The first-order valence-corrected chi connectivity index (χ1v) is 14.8. The van der Waals surface area contributed by atoms with E-state index in [1.54, 1.807) is 38.6 Å². The number of rotatable bonds is 10. The molecule has 3 aliphatic rings. The molecule has 0 aromatic heterocycles. The molecule has 39 heavy (non-hydrogen) atoms. The average Bonchev–Trinajstić information content (AvgIpc) is 3.47. The average molecular weight is 554 g/mol. The Morgan fingerprint density at radius 1 is 1.15 bits per heavy atom. The predicted molar refractivity (Wildman–Crippen MR) is 157 cm³/mol. The molecule has 0 saturated carbocycles. The van der Waals surface area contributed by atoms with E-state index in [-0.39, 0.29) is 24.3 Å². The van der Waals surface area contributed by atoms with Crippen LogP contribution in [0.2, 0.25) is 0 Å². The Labute approximate surface area is 237 Å². The lowest BCUT2D eigenvalue weighted by molar-refractivity contribution is -0.148. The largest absolute Gasteiger partial charge is 0.394 e. The Hall–Kier alpha value is -2.58. The maximum Gasteiger partial charge on any atom is 0.247 e. The summed E-state index contributed by atoms with van der Waals surface area (Å²) < 4.78 is -1.23. The fraction of sp³-hybridized carbons (Fsp3) is 0.581. The highest BCUT2D eigenvalue weighted by Gasteiger charge is 2.78. The number of hydrogen-bond acceptors (Lipinski definition) is 5. The van der Waals surface area contributed by atoms with Crippen LogP contribution in [0.4, 0.5) is 5.69 Å². The number of aliphatic hydroxyl groups is 1. The van der Waals surface area contributed by atoms with Crippen LogP contribution in [0.25, 0.3) is 0 Å². The third kappa shape index (κ3) is 4.63. The van der Waals surface area contributed by atoms with Crippen molar-refractivity contribution >= 4 is 35.2 Å². The molecule has 3 fully saturated rings. The van der Waals surface area contributed by atoms with Crippen LogP contribution in [-0.4, -0.2) is 79.4 Å². The molecule has 2 unspecified atom stereocenters. The molecule has 2 bridgehead atoms. The van der Waals surface area contributed by atoms with E-state index in [1.807, 2.05) is 58.0 Å². The van der Waals surface area contributed by atoms with Crippen LogP contribution in [-0.2, 0) is 14.4 Å². The van der Waals surface area contributed by atoms with Crippen LogP contribution in [0.15, 0.2) is 55.6 Å². The van der Waals surface area contributed by atoms with Gasteiger partial charge >= 0.3 is 0 Å². The van der Waals surface area contributed by atoms with Gasteiger partial charge in [-0.1, -0.05) is 37.3 Å². The van der Waals surface area contributed by atoms with Gasteiger partial charge in [-0.3, -0.25) is 14.4 Å². The van der Waals surface area contributed by atoms with Gasteiger partial charge in [0.1, 0.15) is 6.04 Å². The zero-order chi connectivity index (χ0) is 28.8. The van der Waals surface area contributed by atoms with Gasteiger partial charge in [-0.15, -0.1) is 24.9 Å². The molecule has 0 radical (unpaired) electrons. The van der Waals surface area contributed by atoms with Crippen molar-refractivity contribution in [2.45, 2.75) is 81.0 Å². The first kappa shape index (κ1) is 29.4. The smallest absolute Gasteiger partial charge is 0.247 e. The molecule has 3 heterocycles. The normalized spacial score (nSPS) is 30.2. The maximum absolute atomic E-state index is 14.5. The first-order chi connectivity index (χ1) is 18.4. The zero-order valence-corrected chi connectivity index (χ0v) is 24.7. The minimum Gasteiger partial charge on any atom is -0.394 e. The van der Waals surface area contributed by atoms with E-state index < -0.39 is 39.0 Å². The number of carbonyl (C=O) groups excluding carboxylic acids is 3. The van der Waals surface area contributed by atoms with Crippen molar-refractivity contribution in [3.8, 4) is 0 Å². The molecule has 1 aromatic carbocycles. The van der Waals surface area contributed by atoms with E-state index >= 15 is 0 Å². The van der Waals surface area contributed by atoms with Gasteiger partial charge in [0.15, 0.2) is 0 Å². The minimum absolute atomic E-state index is 0.111. The quantitative estimate of drug-likeness (QED) is 0.438. The highest BCUT2D eigenvalue weighted by atomic mass is 32.2. The molecule has 8 heteroatoms. The van der Waals surface area contributed by atoms with Gasteiger partial charge in [0, 0.05) is 29.1 Å². The maximum atomic E-state index is 14.5. The van der Waals surface area contributed by atoms with Crippen molar-refractivity contribution in [3.63, 3.8) is 0 Å². The second-order valence-corrected chi connectivity index (χ2v) is 14.1. The summed E-state index contributed by atoms with van der Waals surface area (Å²) in [6, 6.07) is 8.21. The summed E-state index contributed by atoms with van der Waals surface area (Å²) in [5.41, 5.74) is 0.263. The van der Waals surface area contributed by atoms with Gasteiger partial charge in [0.2, 0.25) is 17.7 Å². The summed E-state index contributed by atoms with van der Waals surface area (Å²) in [6.07, 6.45) is 5.33. The third-order valence-electron chi connectivity index (χ3n) is 8.82.